The number of ketones is 1. The minimum Gasteiger partial charge on any atom is -0.390 e. The fourth-order valence-electron chi connectivity index (χ4n) is 7.16. The average Bonchev–Trinajstić information content (AvgIpc) is 2.85. The summed E-state index contributed by atoms with van der Waals surface area (Å²) in [6.07, 6.45) is 7.12. The number of carbonyl (C=O) groups excluding carboxylic acids is 1. The smallest absolute Gasteiger partial charge is 0.133 e. The van der Waals surface area contributed by atoms with Crippen LogP contribution in [0.15, 0.2) is 11.4 Å². The van der Waals surface area contributed by atoms with Crippen molar-refractivity contribution in [2.45, 2.75) is 77.7 Å². The molecule has 4 rings (SSSR count). The maximum Gasteiger partial charge on any atom is 0.133 e. The quantitative estimate of drug-likeness (QED) is 0.747. The number of rotatable bonds is 1. The Labute approximate surface area is 144 Å². The van der Waals surface area contributed by atoms with Gasteiger partial charge in [-0.05, 0) is 93.5 Å². The van der Waals surface area contributed by atoms with Crippen LogP contribution in [0.4, 0.5) is 4.39 Å². The number of Topliss-reactive ketones (excluding diaryl/α,β-unsaturated/α-hetero) is 1. The molecule has 0 aromatic rings. The van der Waals surface area contributed by atoms with Gasteiger partial charge in [-0.15, -0.1) is 0 Å². The Bertz CT molecular complexity index is 593. The Hall–Kier alpha value is -0.700. The van der Waals surface area contributed by atoms with E-state index in [-0.39, 0.29) is 17.2 Å². The summed E-state index contributed by atoms with van der Waals surface area (Å²) >= 11 is 0. The van der Waals surface area contributed by atoms with Crippen LogP contribution in [0, 0.1) is 35.0 Å². The Morgan fingerprint density at radius 2 is 1.88 bits per heavy atom. The van der Waals surface area contributed by atoms with E-state index in [1.54, 1.807) is 6.92 Å². The molecule has 0 aliphatic heterocycles. The molecule has 134 valence electrons. The number of hydrogen-bond acceptors (Lipinski definition) is 2. The van der Waals surface area contributed by atoms with E-state index < -0.39 is 5.60 Å². The molecule has 0 spiro atoms. The van der Waals surface area contributed by atoms with Gasteiger partial charge in [0.05, 0.1) is 11.4 Å². The van der Waals surface area contributed by atoms with Crippen LogP contribution in [0.25, 0.3) is 0 Å². The van der Waals surface area contributed by atoms with E-state index in [0.717, 1.165) is 44.1 Å². The van der Waals surface area contributed by atoms with Gasteiger partial charge in [-0.2, -0.15) is 0 Å². The highest BCUT2D eigenvalue weighted by molar-refractivity contribution is 5.79. The predicted octanol–water partition coefficient (Wildman–Crippen LogP) is 4.81. The van der Waals surface area contributed by atoms with Crippen molar-refractivity contribution in [3.8, 4) is 0 Å². The molecule has 0 aromatic carbocycles. The minimum absolute atomic E-state index is 0.0664. The molecule has 3 heteroatoms. The molecule has 1 N–H and O–H groups in total. The van der Waals surface area contributed by atoms with Crippen molar-refractivity contribution in [2.75, 3.05) is 0 Å². The van der Waals surface area contributed by atoms with Gasteiger partial charge < -0.3 is 5.11 Å². The molecule has 4 aliphatic rings. The second-order valence-electron chi connectivity index (χ2n) is 9.67. The van der Waals surface area contributed by atoms with E-state index in [2.05, 4.69) is 6.92 Å². The molecule has 4 aliphatic carbocycles. The maximum atomic E-state index is 15.0. The largest absolute Gasteiger partial charge is 0.390 e. The first kappa shape index (κ1) is 16.8. The summed E-state index contributed by atoms with van der Waals surface area (Å²) < 4.78 is 15.0. The first-order valence-electron chi connectivity index (χ1n) is 9.83. The Morgan fingerprint density at radius 1 is 1.12 bits per heavy atom. The van der Waals surface area contributed by atoms with E-state index in [1.165, 1.54) is 0 Å². The van der Waals surface area contributed by atoms with Crippen LogP contribution < -0.4 is 0 Å². The molecule has 0 saturated heterocycles. The predicted molar refractivity (Wildman–Crippen MR) is 91.9 cm³/mol. The van der Waals surface area contributed by atoms with Gasteiger partial charge in [0.25, 0.3) is 0 Å². The van der Waals surface area contributed by atoms with Crippen LogP contribution in [0.2, 0.25) is 0 Å². The van der Waals surface area contributed by atoms with E-state index in [0.29, 0.717) is 42.3 Å². The van der Waals surface area contributed by atoms with Crippen molar-refractivity contribution in [1.82, 2.24) is 0 Å². The molecule has 0 radical (unpaired) electrons. The topological polar surface area (TPSA) is 37.3 Å². The maximum absolute atomic E-state index is 15.0. The van der Waals surface area contributed by atoms with Gasteiger partial charge in [0.1, 0.15) is 5.78 Å². The second kappa shape index (κ2) is 5.40. The lowest BCUT2D eigenvalue weighted by Crippen LogP contribution is -2.48. The summed E-state index contributed by atoms with van der Waals surface area (Å²) in [6.45, 7) is 5.89. The molecule has 2 nitrogen and oxygen atoms in total. The minimum atomic E-state index is -0.730. The fraction of sp³-hybridized carbons (Fsp3) is 0.857. The average molecular weight is 334 g/mol. The van der Waals surface area contributed by atoms with Crippen molar-refractivity contribution < 1.29 is 14.3 Å². The Balaban J connectivity index is 1.65. The van der Waals surface area contributed by atoms with Gasteiger partial charge >= 0.3 is 0 Å². The zero-order valence-corrected chi connectivity index (χ0v) is 15.3. The van der Waals surface area contributed by atoms with Gasteiger partial charge in [-0.25, -0.2) is 4.39 Å². The molecule has 0 unspecified atom stereocenters. The normalized spacial score (nSPS) is 51.0. The number of aliphatic hydroxyl groups is 1. The van der Waals surface area contributed by atoms with Gasteiger partial charge in [-0.1, -0.05) is 6.92 Å². The lowest BCUT2D eigenvalue weighted by molar-refractivity contribution is -0.126. The SMILES string of the molecule is CC(=O)[C@H]1CC[C@H]2[C@@H]3CC(F)=C4C[C@](C)(O)CC[C@@H]4[C@H]3CC[C@]12C. The zero-order valence-electron chi connectivity index (χ0n) is 15.3. The number of halogens is 1. The van der Waals surface area contributed by atoms with Crippen molar-refractivity contribution in [1.29, 1.82) is 0 Å². The van der Waals surface area contributed by atoms with E-state index in [4.69, 9.17) is 0 Å². The van der Waals surface area contributed by atoms with Crippen molar-refractivity contribution in [3.63, 3.8) is 0 Å². The number of hydrogen-bond donors (Lipinski definition) is 1. The molecule has 3 fully saturated rings. The lowest BCUT2D eigenvalue weighted by atomic mass is 9.51. The summed E-state index contributed by atoms with van der Waals surface area (Å²) in [5, 5.41) is 10.4. The third-order valence-corrected chi connectivity index (χ3v) is 8.28. The highest BCUT2D eigenvalue weighted by Crippen LogP contribution is 2.64. The van der Waals surface area contributed by atoms with Gasteiger partial charge in [-0.3, -0.25) is 4.79 Å². The van der Waals surface area contributed by atoms with Gasteiger partial charge in [0, 0.05) is 12.3 Å². The van der Waals surface area contributed by atoms with Crippen LogP contribution in [0.3, 0.4) is 0 Å². The first-order valence-corrected chi connectivity index (χ1v) is 9.83. The van der Waals surface area contributed by atoms with Crippen LogP contribution in [-0.2, 0) is 4.79 Å². The first-order chi connectivity index (χ1) is 11.2. The molecule has 3 saturated carbocycles. The van der Waals surface area contributed by atoms with E-state index >= 15 is 0 Å². The monoisotopic (exact) mass is 334 g/mol. The second-order valence-corrected chi connectivity index (χ2v) is 9.67. The summed E-state index contributed by atoms with van der Waals surface area (Å²) in [7, 11) is 0. The number of carbonyl (C=O) groups is 1. The Kier molecular flexibility index (Phi) is 3.77. The third-order valence-electron chi connectivity index (χ3n) is 8.28. The van der Waals surface area contributed by atoms with Crippen molar-refractivity contribution in [3.05, 3.63) is 11.4 Å². The summed E-state index contributed by atoms with van der Waals surface area (Å²) in [4.78, 5) is 12.1. The third kappa shape index (κ3) is 2.34. The number of allylic oxidation sites excluding steroid dienone is 1. The summed E-state index contributed by atoms with van der Waals surface area (Å²) in [5.41, 5.74) is 0.286. The summed E-state index contributed by atoms with van der Waals surface area (Å²) in [6, 6.07) is 0. The standard InChI is InChI=1S/C21H31FO2/c1-12(23)17-4-5-18-15-10-19(22)16-11-20(2,24)8-6-14(16)13(15)7-9-21(17,18)3/h13-15,17-18,24H,4-11H2,1-3H3/t13-,14-,15-,17-,18+,20-,21-/m1/s1. The van der Waals surface area contributed by atoms with Gasteiger partial charge in [0.15, 0.2) is 0 Å². The fourth-order valence-corrected chi connectivity index (χ4v) is 7.16. The number of fused-ring (bicyclic) bond motifs is 5. The highest BCUT2D eigenvalue weighted by Gasteiger charge is 2.58. The van der Waals surface area contributed by atoms with E-state index in [9.17, 15) is 14.3 Å². The molecule has 0 heterocycles. The summed E-state index contributed by atoms with van der Waals surface area (Å²) in [5.74, 6) is 2.40. The molecular formula is C21H31FO2. The van der Waals surface area contributed by atoms with Crippen molar-refractivity contribution >= 4 is 5.78 Å². The van der Waals surface area contributed by atoms with Gasteiger partial charge in [0.2, 0.25) is 0 Å². The molecule has 7 atom stereocenters. The van der Waals surface area contributed by atoms with Crippen LogP contribution in [0.5, 0.6) is 0 Å². The zero-order chi connectivity index (χ0) is 17.3. The molecule has 0 bridgehead atoms. The van der Waals surface area contributed by atoms with Crippen LogP contribution in [-0.4, -0.2) is 16.5 Å². The van der Waals surface area contributed by atoms with Crippen LogP contribution in [0.1, 0.15) is 72.1 Å². The van der Waals surface area contributed by atoms with E-state index in [1.807, 2.05) is 6.92 Å². The lowest BCUT2D eigenvalue weighted by Gasteiger charge is -2.54. The molecular weight excluding hydrogens is 303 g/mol. The van der Waals surface area contributed by atoms with Crippen molar-refractivity contribution in [2.24, 2.45) is 35.0 Å². The molecule has 0 amide bonds. The van der Waals surface area contributed by atoms with Crippen LogP contribution >= 0.6 is 0 Å². The Morgan fingerprint density at radius 3 is 2.58 bits per heavy atom. The highest BCUT2D eigenvalue weighted by atomic mass is 19.1. The molecule has 0 aromatic heterocycles. The molecule has 24 heavy (non-hydrogen) atoms.